The van der Waals surface area contributed by atoms with E-state index in [9.17, 15) is 5.11 Å². The highest BCUT2D eigenvalue weighted by Gasteiger charge is 2.24. The molecular weight excluding hydrogens is 270 g/mol. The minimum atomic E-state index is 0.212. The number of benzene rings is 1. The summed E-state index contributed by atoms with van der Waals surface area (Å²) in [5.74, 6) is 1.30. The Kier molecular flexibility index (Phi) is 3.19. The fourth-order valence-electron chi connectivity index (χ4n) is 1.56. The van der Waals surface area contributed by atoms with E-state index >= 15 is 0 Å². The van der Waals surface area contributed by atoms with Crippen LogP contribution in [0.4, 0.5) is 0 Å². The highest BCUT2D eigenvalue weighted by atomic mass is 79.9. The third-order valence-corrected chi connectivity index (χ3v) is 3.32. The molecule has 1 heterocycles. The number of nitrogens with zero attached hydrogens (tertiary/aromatic N) is 1. The van der Waals surface area contributed by atoms with Crippen molar-refractivity contribution in [2.75, 3.05) is 6.61 Å². The van der Waals surface area contributed by atoms with Crippen LogP contribution in [0.25, 0.3) is 0 Å². The molecule has 0 spiro atoms. The average Bonchev–Trinajstić information content (AvgIpc) is 2.70. The number of phenolic OH excluding ortho intramolecular Hbond substituents is 1. The van der Waals surface area contributed by atoms with Gasteiger partial charge in [0.15, 0.2) is 0 Å². The summed E-state index contributed by atoms with van der Waals surface area (Å²) >= 11 is 3.43. The monoisotopic (exact) mass is 283 g/mol. The number of halogens is 1. The molecule has 1 aromatic carbocycles. The highest BCUT2D eigenvalue weighted by molar-refractivity contribution is 9.10. The van der Waals surface area contributed by atoms with Gasteiger partial charge in [-0.25, -0.2) is 4.99 Å². The van der Waals surface area contributed by atoms with Crippen molar-refractivity contribution in [1.82, 2.24) is 0 Å². The molecule has 1 atom stereocenters. The molecule has 86 valence electrons. The van der Waals surface area contributed by atoms with Gasteiger partial charge in [0.1, 0.15) is 12.4 Å². The molecule has 1 aliphatic rings. The minimum absolute atomic E-state index is 0.212. The number of hydrogen-bond acceptors (Lipinski definition) is 3. The van der Waals surface area contributed by atoms with Crippen LogP contribution in [-0.4, -0.2) is 23.7 Å². The number of aromatic hydroxyl groups is 1. The molecule has 0 radical (unpaired) electrons. The van der Waals surface area contributed by atoms with E-state index in [1.807, 2.05) is 0 Å². The summed E-state index contributed by atoms with van der Waals surface area (Å²) < 4.78 is 6.44. The Morgan fingerprint density at radius 3 is 2.88 bits per heavy atom. The number of phenols is 1. The van der Waals surface area contributed by atoms with E-state index in [2.05, 4.69) is 34.8 Å². The number of ether oxygens (including phenoxy) is 1. The lowest BCUT2D eigenvalue weighted by Crippen LogP contribution is -2.13. The Balaban J connectivity index is 2.32. The molecule has 1 N–H and O–H groups in total. The molecule has 3 nitrogen and oxygen atoms in total. The molecule has 0 aliphatic carbocycles. The molecule has 0 amide bonds. The first-order valence-corrected chi connectivity index (χ1v) is 6.06. The van der Waals surface area contributed by atoms with E-state index in [0.717, 1.165) is 10.0 Å². The van der Waals surface area contributed by atoms with Crippen LogP contribution in [0, 0.1) is 5.92 Å². The Morgan fingerprint density at radius 1 is 1.50 bits per heavy atom. The van der Waals surface area contributed by atoms with Gasteiger partial charge in [-0.05, 0) is 40.0 Å². The SMILES string of the molecule is CC(C)[C@@H]1COC(c2cc(O)ccc2Br)=N1. The highest BCUT2D eigenvalue weighted by Crippen LogP contribution is 2.26. The lowest BCUT2D eigenvalue weighted by atomic mass is 10.1. The van der Waals surface area contributed by atoms with E-state index in [1.165, 1.54) is 0 Å². The van der Waals surface area contributed by atoms with Crippen molar-refractivity contribution in [1.29, 1.82) is 0 Å². The maximum atomic E-state index is 9.44. The van der Waals surface area contributed by atoms with Crippen LogP contribution < -0.4 is 0 Å². The number of rotatable bonds is 2. The van der Waals surface area contributed by atoms with Gasteiger partial charge in [-0.2, -0.15) is 0 Å². The van der Waals surface area contributed by atoms with Crippen LogP contribution in [0.15, 0.2) is 27.7 Å². The average molecular weight is 284 g/mol. The molecule has 0 bridgehead atoms. The third kappa shape index (κ3) is 2.21. The maximum Gasteiger partial charge on any atom is 0.217 e. The van der Waals surface area contributed by atoms with Crippen molar-refractivity contribution in [3.05, 3.63) is 28.2 Å². The van der Waals surface area contributed by atoms with Crippen LogP contribution in [0.3, 0.4) is 0 Å². The second-order valence-corrected chi connectivity index (χ2v) is 5.08. The van der Waals surface area contributed by atoms with Crippen molar-refractivity contribution >= 4 is 21.8 Å². The van der Waals surface area contributed by atoms with Crippen molar-refractivity contribution in [2.45, 2.75) is 19.9 Å². The normalized spacial score (nSPS) is 19.8. The van der Waals surface area contributed by atoms with Gasteiger partial charge in [0.05, 0.1) is 11.6 Å². The molecule has 1 aliphatic heterocycles. The summed E-state index contributed by atoms with van der Waals surface area (Å²) in [6.07, 6.45) is 0. The van der Waals surface area contributed by atoms with Crippen LogP contribution >= 0.6 is 15.9 Å². The van der Waals surface area contributed by atoms with Gasteiger partial charge in [-0.3, -0.25) is 0 Å². The molecule has 16 heavy (non-hydrogen) atoms. The molecular formula is C12H14BrNO2. The van der Waals surface area contributed by atoms with Crippen LogP contribution in [0.2, 0.25) is 0 Å². The fraction of sp³-hybridized carbons (Fsp3) is 0.417. The minimum Gasteiger partial charge on any atom is -0.508 e. The van der Waals surface area contributed by atoms with Crippen molar-refractivity contribution in [3.8, 4) is 5.75 Å². The first kappa shape index (κ1) is 11.5. The van der Waals surface area contributed by atoms with Gasteiger partial charge < -0.3 is 9.84 Å². The topological polar surface area (TPSA) is 41.8 Å². The van der Waals surface area contributed by atoms with Crippen LogP contribution in [-0.2, 0) is 4.74 Å². The van der Waals surface area contributed by atoms with Gasteiger partial charge in [0.2, 0.25) is 5.90 Å². The summed E-state index contributed by atoms with van der Waals surface area (Å²) in [5, 5.41) is 9.44. The fourth-order valence-corrected chi connectivity index (χ4v) is 1.97. The first-order valence-electron chi connectivity index (χ1n) is 5.27. The second-order valence-electron chi connectivity index (χ2n) is 4.22. The van der Waals surface area contributed by atoms with Gasteiger partial charge >= 0.3 is 0 Å². The molecule has 4 heteroatoms. The van der Waals surface area contributed by atoms with E-state index in [0.29, 0.717) is 18.4 Å². The third-order valence-electron chi connectivity index (χ3n) is 2.62. The maximum absolute atomic E-state index is 9.44. The van der Waals surface area contributed by atoms with E-state index in [-0.39, 0.29) is 11.8 Å². The summed E-state index contributed by atoms with van der Waals surface area (Å²) in [6.45, 7) is 4.87. The molecule has 1 aromatic rings. The summed E-state index contributed by atoms with van der Waals surface area (Å²) in [5.41, 5.74) is 0.808. The lowest BCUT2D eigenvalue weighted by molar-refractivity contribution is 0.291. The zero-order chi connectivity index (χ0) is 11.7. The van der Waals surface area contributed by atoms with Crippen molar-refractivity contribution in [3.63, 3.8) is 0 Å². The van der Waals surface area contributed by atoms with E-state index in [4.69, 9.17) is 4.74 Å². The van der Waals surface area contributed by atoms with Gasteiger partial charge in [0.25, 0.3) is 0 Å². The Morgan fingerprint density at radius 2 is 2.25 bits per heavy atom. The quantitative estimate of drug-likeness (QED) is 0.907. The second kappa shape index (κ2) is 4.45. The summed E-state index contributed by atoms with van der Waals surface area (Å²) in [4.78, 5) is 4.51. The number of aliphatic imine (C=N–C) groups is 1. The zero-order valence-electron chi connectivity index (χ0n) is 9.27. The van der Waals surface area contributed by atoms with E-state index < -0.39 is 0 Å². The van der Waals surface area contributed by atoms with E-state index in [1.54, 1.807) is 18.2 Å². The molecule has 0 saturated heterocycles. The van der Waals surface area contributed by atoms with Crippen molar-refractivity contribution < 1.29 is 9.84 Å². The standard InChI is InChI=1S/C12H14BrNO2/c1-7(2)11-6-16-12(14-11)9-5-8(15)3-4-10(9)13/h3-5,7,11,15H,6H2,1-2H3/t11-/m0/s1. The van der Waals surface area contributed by atoms with Gasteiger partial charge in [-0.15, -0.1) is 0 Å². The lowest BCUT2D eigenvalue weighted by Gasteiger charge is -2.06. The Labute approximate surface area is 103 Å². The Hall–Kier alpha value is -1.03. The Bertz CT molecular complexity index is 429. The van der Waals surface area contributed by atoms with Crippen molar-refractivity contribution in [2.24, 2.45) is 10.9 Å². The summed E-state index contributed by atoms with van der Waals surface area (Å²) in [7, 11) is 0. The zero-order valence-corrected chi connectivity index (χ0v) is 10.9. The number of hydrogen-bond donors (Lipinski definition) is 1. The predicted octanol–water partition coefficient (Wildman–Crippen LogP) is 2.96. The van der Waals surface area contributed by atoms with Crippen LogP contribution in [0.1, 0.15) is 19.4 Å². The smallest absolute Gasteiger partial charge is 0.217 e. The van der Waals surface area contributed by atoms with Gasteiger partial charge in [-0.1, -0.05) is 13.8 Å². The molecule has 0 aromatic heterocycles. The molecule has 0 saturated carbocycles. The van der Waals surface area contributed by atoms with Gasteiger partial charge in [0, 0.05) is 4.47 Å². The molecule has 0 unspecified atom stereocenters. The predicted molar refractivity (Wildman–Crippen MR) is 66.9 cm³/mol. The molecule has 2 rings (SSSR count). The molecule has 0 fully saturated rings. The largest absolute Gasteiger partial charge is 0.508 e. The summed E-state index contributed by atoms with van der Waals surface area (Å²) in [6, 6.07) is 5.29. The first-order chi connectivity index (χ1) is 7.58. The van der Waals surface area contributed by atoms with Crippen LogP contribution in [0.5, 0.6) is 5.75 Å².